The Hall–Kier alpha value is -1.86. The molecular weight excluding hydrogens is 342 g/mol. The molecule has 5 nitrogen and oxygen atoms in total. The van der Waals surface area contributed by atoms with Crippen molar-refractivity contribution >= 4 is 44.8 Å². The van der Waals surface area contributed by atoms with Crippen LogP contribution in [0.5, 0.6) is 0 Å². The van der Waals surface area contributed by atoms with Crippen molar-refractivity contribution in [2.75, 3.05) is 5.32 Å². The Morgan fingerprint density at radius 2 is 1.70 bits per heavy atom. The van der Waals surface area contributed by atoms with Crippen molar-refractivity contribution in [2.45, 2.75) is 6.54 Å². The van der Waals surface area contributed by atoms with E-state index in [2.05, 4.69) is 21.2 Å². The van der Waals surface area contributed by atoms with Crippen molar-refractivity contribution in [2.24, 2.45) is 11.5 Å². The first-order valence-corrected chi connectivity index (χ1v) is 7.29. The van der Waals surface area contributed by atoms with Gasteiger partial charge in [-0.25, -0.2) is 0 Å². The van der Waals surface area contributed by atoms with Gasteiger partial charge < -0.3 is 16.8 Å². The van der Waals surface area contributed by atoms with Gasteiger partial charge in [-0.05, 0) is 46.3 Å². The van der Waals surface area contributed by atoms with Crippen LogP contribution in [-0.4, -0.2) is 11.8 Å². The number of carbonyl (C=O) groups is 2. The molecule has 2 rings (SSSR count). The number of nitrogens with two attached hydrogens (primary N) is 2. The molecule has 1 aromatic carbocycles. The molecule has 5 N–H and O–H groups in total. The fourth-order valence-electron chi connectivity index (χ4n) is 1.65. The van der Waals surface area contributed by atoms with Gasteiger partial charge >= 0.3 is 0 Å². The van der Waals surface area contributed by atoms with Crippen LogP contribution in [0.15, 0.2) is 34.1 Å². The van der Waals surface area contributed by atoms with Crippen LogP contribution >= 0.6 is 27.3 Å². The first-order valence-electron chi connectivity index (χ1n) is 5.68. The number of thiophene rings is 1. The van der Waals surface area contributed by atoms with Gasteiger partial charge in [-0.2, -0.15) is 0 Å². The van der Waals surface area contributed by atoms with E-state index in [1.807, 2.05) is 12.1 Å². The number of benzene rings is 1. The highest BCUT2D eigenvalue weighted by atomic mass is 79.9. The summed E-state index contributed by atoms with van der Waals surface area (Å²) in [5, 5.41) is 3.14. The molecule has 0 aliphatic carbocycles. The lowest BCUT2D eigenvalue weighted by Crippen LogP contribution is -2.16. The number of anilines is 1. The number of rotatable bonds is 5. The predicted octanol–water partition coefficient (Wildman–Crippen LogP) is 2.32. The zero-order chi connectivity index (χ0) is 14.7. The van der Waals surface area contributed by atoms with Crippen LogP contribution in [0.25, 0.3) is 0 Å². The maximum atomic E-state index is 11.2. The molecular formula is C13H12BrN3O2S. The van der Waals surface area contributed by atoms with Crippen molar-refractivity contribution in [3.63, 3.8) is 0 Å². The van der Waals surface area contributed by atoms with E-state index in [0.29, 0.717) is 12.2 Å². The van der Waals surface area contributed by atoms with Crippen LogP contribution in [-0.2, 0) is 6.54 Å². The highest BCUT2D eigenvalue weighted by molar-refractivity contribution is 9.11. The molecule has 0 atom stereocenters. The standard InChI is InChI=1S/C13H12BrN3O2S/c14-11-2-1-10(20-11)6-17-9-4-7(12(15)18)3-8(5-9)13(16)19/h1-5,17H,6H2,(H2,15,18)(H2,16,19). The van der Waals surface area contributed by atoms with Gasteiger partial charge in [0.15, 0.2) is 0 Å². The molecule has 1 aromatic heterocycles. The van der Waals surface area contributed by atoms with Crippen molar-refractivity contribution < 1.29 is 9.59 Å². The maximum absolute atomic E-state index is 11.2. The van der Waals surface area contributed by atoms with Crippen molar-refractivity contribution in [3.8, 4) is 0 Å². The third-order valence-corrected chi connectivity index (χ3v) is 4.22. The lowest BCUT2D eigenvalue weighted by atomic mass is 10.1. The van der Waals surface area contributed by atoms with Crippen molar-refractivity contribution in [1.29, 1.82) is 0 Å². The number of hydrogen-bond donors (Lipinski definition) is 3. The van der Waals surface area contributed by atoms with Gasteiger partial charge in [-0.1, -0.05) is 0 Å². The Labute approximate surface area is 128 Å². The molecule has 104 valence electrons. The second kappa shape index (κ2) is 6.06. The minimum atomic E-state index is -0.602. The Kier molecular flexibility index (Phi) is 4.41. The fraction of sp³-hybridized carbons (Fsp3) is 0.0769. The van der Waals surface area contributed by atoms with Gasteiger partial charge in [0, 0.05) is 28.2 Å². The van der Waals surface area contributed by atoms with E-state index < -0.39 is 11.8 Å². The average molecular weight is 354 g/mol. The number of halogens is 1. The van der Waals surface area contributed by atoms with Crippen molar-refractivity contribution in [1.82, 2.24) is 0 Å². The highest BCUT2D eigenvalue weighted by Crippen LogP contribution is 2.23. The second-order valence-corrected chi connectivity index (χ2v) is 6.63. The number of carbonyl (C=O) groups excluding carboxylic acids is 2. The smallest absolute Gasteiger partial charge is 0.248 e. The third kappa shape index (κ3) is 3.58. The Morgan fingerprint density at radius 1 is 1.10 bits per heavy atom. The molecule has 0 spiro atoms. The van der Waals surface area contributed by atoms with E-state index in [4.69, 9.17) is 11.5 Å². The summed E-state index contributed by atoms with van der Waals surface area (Å²) in [5.74, 6) is -1.20. The molecule has 0 fully saturated rings. The monoisotopic (exact) mass is 353 g/mol. The van der Waals surface area contributed by atoms with Gasteiger partial charge in [0.05, 0.1) is 3.79 Å². The van der Waals surface area contributed by atoms with Gasteiger partial charge in [0.1, 0.15) is 0 Å². The molecule has 0 aliphatic rings. The van der Waals surface area contributed by atoms with E-state index in [-0.39, 0.29) is 11.1 Å². The summed E-state index contributed by atoms with van der Waals surface area (Å²) in [4.78, 5) is 23.6. The van der Waals surface area contributed by atoms with Crippen LogP contribution in [0, 0.1) is 0 Å². The van der Waals surface area contributed by atoms with Crippen LogP contribution < -0.4 is 16.8 Å². The largest absolute Gasteiger partial charge is 0.380 e. The zero-order valence-electron chi connectivity index (χ0n) is 10.4. The minimum Gasteiger partial charge on any atom is -0.380 e. The summed E-state index contributed by atoms with van der Waals surface area (Å²) >= 11 is 4.99. The zero-order valence-corrected chi connectivity index (χ0v) is 12.8. The second-order valence-electron chi connectivity index (χ2n) is 4.09. The number of nitrogens with one attached hydrogen (secondary N) is 1. The first-order chi connectivity index (χ1) is 9.45. The van der Waals surface area contributed by atoms with Crippen LogP contribution in [0.3, 0.4) is 0 Å². The summed E-state index contributed by atoms with van der Waals surface area (Å²) in [6.45, 7) is 0.580. The number of hydrogen-bond acceptors (Lipinski definition) is 4. The lowest BCUT2D eigenvalue weighted by Gasteiger charge is -2.08. The molecule has 0 saturated carbocycles. The summed E-state index contributed by atoms with van der Waals surface area (Å²) in [5.41, 5.74) is 11.6. The minimum absolute atomic E-state index is 0.246. The Balaban J connectivity index is 2.21. The molecule has 1 heterocycles. The van der Waals surface area contributed by atoms with Crippen LogP contribution in [0.2, 0.25) is 0 Å². The van der Waals surface area contributed by atoms with Gasteiger partial charge in [0.2, 0.25) is 11.8 Å². The third-order valence-electron chi connectivity index (χ3n) is 2.60. The van der Waals surface area contributed by atoms with E-state index in [0.717, 1.165) is 8.66 Å². The van der Waals surface area contributed by atoms with Crippen LogP contribution in [0.1, 0.15) is 25.6 Å². The normalized spacial score (nSPS) is 10.2. The quantitative estimate of drug-likeness (QED) is 0.769. The first kappa shape index (κ1) is 14.5. The SMILES string of the molecule is NC(=O)c1cc(NCc2ccc(Br)s2)cc(C(N)=O)c1. The average Bonchev–Trinajstić information content (AvgIpc) is 2.81. The molecule has 2 aromatic rings. The molecule has 0 aliphatic heterocycles. The van der Waals surface area contributed by atoms with Gasteiger partial charge in [-0.15, -0.1) is 11.3 Å². The van der Waals surface area contributed by atoms with Gasteiger partial charge in [-0.3, -0.25) is 9.59 Å². The molecule has 20 heavy (non-hydrogen) atoms. The van der Waals surface area contributed by atoms with Crippen molar-refractivity contribution in [3.05, 3.63) is 50.1 Å². The van der Waals surface area contributed by atoms with E-state index in [1.54, 1.807) is 23.5 Å². The van der Waals surface area contributed by atoms with E-state index in [9.17, 15) is 9.59 Å². The van der Waals surface area contributed by atoms with E-state index >= 15 is 0 Å². The lowest BCUT2D eigenvalue weighted by molar-refractivity contribution is 0.0999. The summed E-state index contributed by atoms with van der Waals surface area (Å²) in [6, 6.07) is 8.51. The molecule has 0 unspecified atom stereocenters. The summed E-state index contributed by atoms with van der Waals surface area (Å²) in [7, 11) is 0. The number of primary amides is 2. The molecule has 0 bridgehead atoms. The molecule has 7 heteroatoms. The molecule has 0 saturated heterocycles. The summed E-state index contributed by atoms with van der Waals surface area (Å²) in [6.07, 6.45) is 0. The number of amides is 2. The summed E-state index contributed by atoms with van der Waals surface area (Å²) < 4.78 is 1.04. The maximum Gasteiger partial charge on any atom is 0.248 e. The van der Waals surface area contributed by atoms with E-state index in [1.165, 1.54) is 6.07 Å². The highest BCUT2D eigenvalue weighted by Gasteiger charge is 2.09. The molecule has 2 amide bonds. The van der Waals surface area contributed by atoms with Crippen LogP contribution in [0.4, 0.5) is 5.69 Å². The Bertz CT molecular complexity index is 637. The topological polar surface area (TPSA) is 98.2 Å². The fourth-order valence-corrected chi connectivity index (χ4v) is 3.07. The predicted molar refractivity (Wildman–Crippen MR) is 82.8 cm³/mol. The Morgan fingerprint density at radius 3 is 2.15 bits per heavy atom. The van der Waals surface area contributed by atoms with Gasteiger partial charge in [0.25, 0.3) is 0 Å². The molecule has 0 radical (unpaired) electrons.